The summed E-state index contributed by atoms with van der Waals surface area (Å²) < 4.78 is 26.6. The fourth-order valence-corrected chi connectivity index (χ4v) is 3.38. The van der Waals surface area contributed by atoms with Gasteiger partial charge in [0, 0.05) is 18.3 Å². The van der Waals surface area contributed by atoms with E-state index in [1.165, 1.54) is 17.0 Å². The van der Waals surface area contributed by atoms with Crippen molar-refractivity contribution >= 4 is 11.6 Å². The van der Waals surface area contributed by atoms with Gasteiger partial charge in [0.2, 0.25) is 5.91 Å². The molecular weight excluding hydrogens is 264 g/mol. The SMILES string of the molecule is O=C1N(c2cc(F)cc(F)c2)CCC12CCC(O)CC2. The van der Waals surface area contributed by atoms with E-state index in [0.717, 1.165) is 6.07 Å². The third-order valence-corrected chi connectivity index (χ3v) is 4.58. The van der Waals surface area contributed by atoms with Gasteiger partial charge in [-0.3, -0.25) is 4.79 Å². The van der Waals surface area contributed by atoms with Crippen molar-refractivity contribution in [2.24, 2.45) is 5.41 Å². The number of carbonyl (C=O) groups excluding carboxylic acids is 1. The number of anilines is 1. The Kier molecular flexibility index (Phi) is 3.24. The number of aliphatic hydroxyl groups excluding tert-OH is 1. The first-order valence-electron chi connectivity index (χ1n) is 6.96. The molecule has 1 aromatic rings. The summed E-state index contributed by atoms with van der Waals surface area (Å²) >= 11 is 0. The summed E-state index contributed by atoms with van der Waals surface area (Å²) in [7, 11) is 0. The van der Waals surface area contributed by atoms with Crippen LogP contribution in [0.5, 0.6) is 0 Å². The Balaban J connectivity index is 1.85. The molecule has 2 aliphatic rings. The van der Waals surface area contributed by atoms with Gasteiger partial charge < -0.3 is 10.0 Å². The monoisotopic (exact) mass is 281 g/mol. The molecule has 0 aromatic heterocycles. The summed E-state index contributed by atoms with van der Waals surface area (Å²) in [6, 6.07) is 3.19. The number of hydrogen-bond donors (Lipinski definition) is 1. The zero-order chi connectivity index (χ0) is 14.3. The average molecular weight is 281 g/mol. The van der Waals surface area contributed by atoms with Gasteiger partial charge in [0.15, 0.2) is 0 Å². The molecule has 1 saturated carbocycles. The van der Waals surface area contributed by atoms with Crippen molar-refractivity contribution < 1.29 is 18.7 Å². The van der Waals surface area contributed by atoms with E-state index in [2.05, 4.69) is 0 Å². The first-order chi connectivity index (χ1) is 9.50. The number of aliphatic hydroxyl groups is 1. The quantitative estimate of drug-likeness (QED) is 0.859. The molecule has 108 valence electrons. The van der Waals surface area contributed by atoms with Crippen LogP contribution in [0.15, 0.2) is 18.2 Å². The molecule has 1 aliphatic carbocycles. The van der Waals surface area contributed by atoms with Crippen molar-refractivity contribution in [1.29, 1.82) is 0 Å². The van der Waals surface area contributed by atoms with Crippen molar-refractivity contribution in [3.8, 4) is 0 Å². The molecule has 0 bridgehead atoms. The summed E-state index contributed by atoms with van der Waals surface area (Å²) in [4.78, 5) is 14.1. The maximum Gasteiger partial charge on any atom is 0.233 e. The Labute approximate surface area is 116 Å². The Bertz CT molecular complexity index is 518. The third kappa shape index (κ3) is 2.20. The third-order valence-electron chi connectivity index (χ3n) is 4.58. The van der Waals surface area contributed by atoms with Crippen LogP contribution in [0.4, 0.5) is 14.5 Å². The Morgan fingerprint density at radius 1 is 1.10 bits per heavy atom. The topological polar surface area (TPSA) is 40.5 Å². The first kappa shape index (κ1) is 13.5. The van der Waals surface area contributed by atoms with E-state index < -0.39 is 17.0 Å². The zero-order valence-corrected chi connectivity index (χ0v) is 11.1. The number of hydrogen-bond acceptors (Lipinski definition) is 2. The molecule has 1 aromatic carbocycles. The second kappa shape index (κ2) is 4.81. The molecule has 1 aliphatic heterocycles. The number of amides is 1. The predicted molar refractivity (Wildman–Crippen MR) is 70.2 cm³/mol. The Morgan fingerprint density at radius 2 is 1.70 bits per heavy atom. The van der Waals surface area contributed by atoms with Crippen LogP contribution in [0.2, 0.25) is 0 Å². The van der Waals surface area contributed by atoms with Crippen LogP contribution >= 0.6 is 0 Å². The molecule has 1 heterocycles. The van der Waals surface area contributed by atoms with Crippen LogP contribution in [0.25, 0.3) is 0 Å². The molecule has 0 unspecified atom stereocenters. The zero-order valence-electron chi connectivity index (χ0n) is 11.1. The lowest BCUT2D eigenvalue weighted by molar-refractivity contribution is -0.128. The minimum atomic E-state index is -0.673. The number of rotatable bonds is 1. The van der Waals surface area contributed by atoms with Crippen LogP contribution in [0, 0.1) is 17.0 Å². The lowest BCUT2D eigenvalue weighted by Gasteiger charge is -2.33. The second-order valence-electron chi connectivity index (χ2n) is 5.85. The smallest absolute Gasteiger partial charge is 0.233 e. The Hall–Kier alpha value is -1.49. The molecular formula is C15H17F2NO2. The van der Waals surface area contributed by atoms with Gasteiger partial charge >= 0.3 is 0 Å². The highest BCUT2D eigenvalue weighted by Crippen LogP contribution is 2.46. The standard InChI is InChI=1S/C15H17F2NO2/c16-10-7-11(17)9-12(8-10)18-6-5-15(14(18)20)3-1-13(19)2-4-15/h7-9,13,19H,1-6H2. The van der Waals surface area contributed by atoms with Gasteiger partial charge in [-0.1, -0.05) is 0 Å². The maximum atomic E-state index is 13.3. The van der Waals surface area contributed by atoms with E-state index in [1.807, 2.05) is 0 Å². The summed E-state index contributed by atoms with van der Waals surface area (Å²) in [5.74, 6) is -1.41. The minimum Gasteiger partial charge on any atom is -0.393 e. The van der Waals surface area contributed by atoms with Crippen molar-refractivity contribution in [1.82, 2.24) is 0 Å². The summed E-state index contributed by atoms with van der Waals surface area (Å²) in [6.07, 6.45) is 2.92. The molecule has 1 saturated heterocycles. The van der Waals surface area contributed by atoms with E-state index in [9.17, 15) is 18.7 Å². The predicted octanol–water partition coefficient (Wildman–Crippen LogP) is 2.62. The van der Waals surface area contributed by atoms with Crippen molar-refractivity contribution in [3.63, 3.8) is 0 Å². The van der Waals surface area contributed by atoms with Crippen molar-refractivity contribution in [2.45, 2.75) is 38.2 Å². The van der Waals surface area contributed by atoms with Crippen LogP contribution in [-0.4, -0.2) is 23.7 Å². The molecule has 3 nitrogen and oxygen atoms in total. The lowest BCUT2D eigenvalue weighted by Crippen LogP contribution is -2.38. The van der Waals surface area contributed by atoms with Gasteiger partial charge in [-0.2, -0.15) is 0 Å². The van der Waals surface area contributed by atoms with Gasteiger partial charge in [0.25, 0.3) is 0 Å². The highest BCUT2D eigenvalue weighted by atomic mass is 19.1. The minimum absolute atomic E-state index is 0.0607. The summed E-state index contributed by atoms with van der Waals surface area (Å²) in [5, 5.41) is 9.57. The fourth-order valence-electron chi connectivity index (χ4n) is 3.38. The summed E-state index contributed by atoms with van der Waals surface area (Å²) in [5.41, 5.74) is -0.155. The van der Waals surface area contributed by atoms with Crippen LogP contribution < -0.4 is 4.90 Å². The molecule has 0 atom stereocenters. The average Bonchev–Trinajstić information content (AvgIpc) is 2.70. The van der Waals surface area contributed by atoms with Crippen LogP contribution in [0.3, 0.4) is 0 Å². The highest BCUT2D eigenvalue weighted by Gasteiger charge is 2.48. The van der Waals surface area contributed by atoms with E-state index in [4.69, 9.17) is 0 Å². The molecule has 3 rings (SSSR count). The normalized spacial score (nSPS) is 30.2. The number of carbonyl (C=O) groups is 1. The van der Waals surface area contributed by atoms with Gasteiger partial charge in [0.1, 0.15) is 11.6 Å². The second-order valence-corrected chi connectivity index (χ2v) is 5.85. The van der Waals surface area contributed by atoms with Crippen molar-refractivity contribution in [3.05, 3.63) is 29.8 Å². The fraction of sp³-hybridized carbons (Fsp3) is 0.533. The van der Waals surface area contributed by atoms with E-state index in [0.29, 0.717) is 38.6 Å². The van der Waals surface area contributed by atoms with E-state index in [-0.39, 0.29) is 17.7 Å². The maximum absolute atomic E-state index is 13.3. The summed E-state index contributed by atoms with van der Waals surface area (Å²) in [6.45, 7) is 0.484. The van der Waals surface area contributed by atoms with Crippen LogP contribution in [0.1, 0.15) is 32.1 Å². The number of nitrogens with zero attached hydrogens (tertiary/aromatic N) is 1. The number of halogens is 2. The molecule has 20 heavy (non-hydrogen) atoms. The number of benzene rings is 1. The molecule has 5 heteroatoms. The molecule has 1 spiro atoms. The van der Waals surface area contributed by atoms with Crippen LogP contribution in [-0.2, 0) is 4.79 Å². The lowest BCUT2D eigenvalue weighted by atomic mass is 9.72. The van der Waals surface area contributed by atoms with Crippen molar-refractivity contribution in [2.75, 3.05) is 11.4 Å². The van der Waals surface area contributed by atoms with E-state index in [1.54, 1.807) is 0 Å². The van der Waals surface area contributed by atoms with Gasteiger partial charge in [-0.25, -0.2) is 8.78 Å². The largest absolute Gasteiger partial charge is 0.393 e. The Morgan fingerprint density at radius 3 is 2.30 bits per heavy atom. The van der Waals surface area contributed by atoms with E-state index >= 15 is 0 Å². The molecule has 0 radical (unpaired) electrons. The molecule has 2 fully saturated rings. The van der Waals surface area contributed by atoms with Gasteiger partial charge in [0.05, 0.1) is 11.5 Å². The van der Waals surface area contributed by atoms with Gasteiger partial charge in [-0.15, -0.1) is 0 Å². The highest BCUT2D eigenvalue weighted by molar-refractivity contribution is 5.99. The first-order valence-corrected chi connectivity index (χ1v) is 6.96. The molecule has 1 amide bonds. The molecule has 1 N–H and O–H groups in total. The van der Waals surface area contributed by atoms with Gasteiger partial charge in [-0.05, 0) is 44.2 Å².